The van der Waals surface area contributed by atoms with E-state index in [1.54, 1.807) is 11.9 Å². The molecular formula is C11H12BrClFNO. The Kier molecular flexibility index (Phi) is 4.74. The second-order valence-corrected chi connectivity index (χ2v) is 5.57. The van der Waals surface area contributed by atoms with Crippen LogP contribution in [-0.2, 0) is 0 Å². The Morgan fingerprint density at radius 3 is 2.75 bits per heavy atom. The van der Waals surface area contributed by atoms with E-state index < -0.39 is 5.82 Å². The lowest BCUT2D eigenvalue weighted by atomic mass is 10.2. The molecule has 0 fully saturated rings. The molecule has 0 N–H and O–H groups in total. The molecule has 0 bridgehead atoms. The number of rotatable bonds is 3. The van der Waals surface area contributed by atoms with Gasteiger partial charge in [-0.1, -0.05) is 34.5 Å². The average molecular weight is 309 g/mol. The van der Waals surface area contributed by atoms with Crippen molar-refractivity contribution in [3.05, 3.63) is 34.6 Å². The third-order valence-corrected chi connectivity index (χ3v) is 2.62. The number of hydrogen-bond donors (Lipinski definition) is 0. The summed E-state index contributed by atoms with van der Waals surface area (Å²) in [5.74, 6) is -0.692. The molecule has 0 heterocycles. The summed E-state index contributed by atoms with van der Waals surface area (Å²) in [5.41, 5.74) is 0.391. The van der Waals surface area contributed by atoms with Crippen LogP contribution >= 0.6 is 27.5 Å². The van der Waals surface area contributed by atoms with E-state index in [-0.39, 0.29) is 15.8 Å². The number of halogens is 3. The number of benzene rings is 1. The van der Waals surface area contributed by atoms with E-state index in [0.717, 1.165) is 0 Å². The Hall–Kier alpha value is -0.610. The fraction of sp³-hybridized carbons (Fsp3) is 0.364. The normalized spacial score (nSPS) is 12.3. The van der Waals surface area contributed by atoms with Crippen molar-refractivity contribution >= 4 is 33.4 Å². The zero-order valence-corrected chi connectivity index (χ0v) is 11.3. The van der Waals surface area contributed by atoms with Crippen molar-refractivity contribution in [2.75, 3.05) is 13.6 Å². The minimum Gasteiger partial charge on any atom is -0.341 e. The molecule has 1 amide bonds. The van der Waals surface area contributed by atoms with E-state index in [1.165, 1.54) is 18.2 Å². The zero-order chi connectivity index (χ0) is 12.3. The molecule has 0 aliphatic carbocycles. The molecule has 0 aliphatic rings. The van der Waals surface area contributed by atoms with E-state index in [2.05, 4.69) is 15.9 Å². The van der Waals surface area contributed by atoms with Gasteiger partial charge in [-0.3, -0.25) is 4.79 Å². The molecule has 1 unspecified atom stereocenters. The maximum atomic E-state index is 12.9. The maximum Gasteiger partial charge on any atom is 0.253 e. The van der Waals surface area contributed by atoms with Crippen LogP contribution < -0.4 is 0 Å². The fourth-order valence-electron chi connectivity index (χ4n) is 1.31. The molecular weight excluding hydrogens is 296 g/mol. The topological polar surface area (TPSA) is 20.3 Å². The Morgan fingerprint density at radius 1 is 1.62 bits per heavy atom. The van der Waals surface area contributed by atoms with E-state index in [0.29, 0.717) is 12.1 Å². The molecule has 1 rings (SSSR count). The largest absolute Gasteiger partial charge is 0.341 e. The molecule has 88 valence electrons. The van der Waals surface area contributed by atoms with Gasteiger partial charge >= 0.3 is 0 Å². The van der Waals surface area contributed by atoms with E-state index in [9.17, 15) is 9.18 Å². The van der Waals surface area contributed by atoms with Crippen LogP contribution in [0.4, 0.5) is 4.39 Å². The molecule has 2 nitrogen and oxygen atoms in total. The van der Waals surface area contributed by atoms with Crippen molar-refractivity contribution in [2.24, 2.45) is 0 Å². The quantitative estimate of drug-likeness (QED) is 0.784. The highest BCUT2D eigenvalue weighted by atomic mass is 79.9. The average Bonchev–Trinajstić information content (AvgIpc) is 2.20. The van der Waals surface area contributed by atoms with Gasteiger partial charge in [-0.2, -0.15) is 0 Å². The number of hydrogen-bond acceptors (Lipinski definition) is 1. The highest BCUT2D eigenvalue weighted by molar-refractivity contribution is 9.09. The van der Waals surface area contributed by atoms with Gasteiger partial charge in [-0.25, -0.2) is 4.39 Å². The van der Waals surface area contributed by atoms with Gasteiger partial charge in [0.1, 0.15) is 5.82 Å². The van der Waals surface area contributed by atoms with E-state index >= 15 is 0 Å². The molecule has 1 atom stereocenters. The third kappa shape index (κ3) is 3.46. The lowest BCUT2D eigenvalue weighted by molar-refractivity contribution is 0.0797. The van der Waals surface area contributed by atoms with Crippen molar-refractivity contribution in [1.82, 2.24) is 4.90 Å². The van der Waals surface area contributed by atoms with Gasteiger partial charge < -0.3 is 4.90 Å². The van der Waals surface area contributed by atoms with Crippen LogP contribution in [0.1, 0.15) is 17.3 Å². The van der Waals surface area contributed by atoms with Crippen molar-refractivity contribution in [3.8, 4) is 0 Å². The molecule has 0 aliphatic heterocycles. The number of amides is 1. The Balaban J connectivity index is 2.84. The standard InChI is InChI=1S/C11H12BrClFNO/c1-7(12)6-15(2)11(16)8-3-4-10(14)9(13)5-8/h3-5,7H,6H2,1-2H3. The zero-order valence-electron chi connectivity index (χ0n) is 9.01. The summed E-state index contributed by atoms with van der Waals surface area (Å²) in [6, 6.07) is 3.97. The Labute approximate surface area is 108 Å². The smallest absolute Gasteiger partial charge is 0.253 e. The fourth-order valence-corrected chi connectivity index (χ4v) is 1.92. The maximum absolute atomic E-state index is 12.9. The molecule has 0 aromatic heterocycles. The number of nitrogens with zero attached hydrogens (tertiary/aromatic N) is 1. The van der Waals surface area contributed by atoms with Gasteiger partial charge in [-0.15, -0.1) is 0 Å². The molecule has 0 spiro atoms. The summed E-state index contributed by atoms with van der Waals surface area (Å²) in [7, 11) is 1.69. The summed E-state index contributed by atoms with van der Waals surface area (Å²) in [4.78, 5) is 13.6. The van der Waals surface area contributed by atoms with Gasteiger partial charge in [0.25, 0.3) is 5.91 Å². The molecule has 0 radical (unpaired) electrons. The minimum absolute atomic E-state index is 0.0360. The summed E-state index contributed by atoms with van der Waals surface area (Å²) in [6.07, 6.45) is 0. The van der Waals surface area contributed by atoms with Crippen molar-refractivity contribution in [1.29, 1.82) is 0 Å². The molecule has 5 heteroatoms. The summed E-state index contributed by atoms with van der Waals surface area (Å²) in [5, 5.41) is -0.0360. The van der Waals surface area contributed by atoms with Crippen LogP contribution in [0, 0.1) is 5.82 Å². The van der Waals surface area contributed by atoms with Gasteiger partial charge in [0.2, 0.25) is 0 Å². The van der Waals surface area contributed by atoms with Crippen LogP contribution in [0.2, 0.25) is 5.02 Å². The highest BCUT2D eigenvalue weighted by Crippen LogP contribution is 2.17. The first-order valence-electron chi connectivity index (χ1n) is 4.76. The summed E-state index contributed by atoms with van der Waals surface area (Å²) < 4.78 is 12.9. The van der Waals surface area contributed by atoms with E-state index in [1.807, 2.05) is 6.92 Å². The lowest BCUT2D eigenvalue weighted by Gasteiger charge is -2.18. The van der Waals surface area contributed by atoms with Crippen LogP contribution in [-0.4, -0.2) is 29.2 Å². The van der Waals surface area contributed by atoms with Crippen LogP contribution in [0.25, 0.3) is 0 Å². The summed E-state index contributed by atoms with van der Waals surface area (Å²) >= 11 is 8.98. The van der Waals surface area contributed by atoms with Gasteiger partial charge in [-0.05, 0) is 18.2 Å². The number of carbonyl (C=O) groups excluding carboxylic acids is 1. The second kappa shape index (κ2) is 5.64. The van der Waals surface area contributed by atoms with Crippen molar-refractivity contribution in [2.45, 2.75) is 11.8 Å². The number of alkyl halides is 1. The van der Waals surface area contributed by atoms with Gasteiger partial charge in [0, 0.05) is 24.0 Å². The predicted molar refractivity (Wildman–Crippen MR) is 66.8 cm³/mol. The van der Waals surface area contributed by atoms with Crippen molar-refractivity contribution in [3.63, 3.8) is 0 Å². The third-order valence-electron chi connectivity index (χ3n) is 2.04. The predicted octanol–water partition coefficient (Wildman–Crippen LogP) is 3.33. The van der Waals surface area contributed by atoms with Gasteiger partial charge in [0.15, 0.2) is 0 Å². The minimum atomic E-state index is -0.519. The highest BCUT2D eigenvalue weighted by Gasteiger charge is 2.14. The first-order valence-corrected chi connectivity index (χ1v) is 6.05. The molecule has 16 heavy (non-hydrogen) atoms. The lowest BCUT2D eigenvalue weighted by Crippen LogP contribution is -2.31. The second-order valence-electron chi connectivity index (χ2n) is 3.60. The Bertz CT molecular complexity index is 398. The first kappa shape index (κ1) is 13.5. The van der Waals surface area contributed by atoms with E-state index in [4.69, 9.17) is 11.6 Å². The van der Waals surface area contributed by atoms with Crippen LogP contribution in [0.15, 0.2) is 18.2 Å². The van der Waals surface area contributed by atoms with Crippen molar-refractivity contribution < 1.29 is 9.18 Å². The SMILES string of the molecule is CC(Br)CN(C)C(=O)c1ccc(F)c(Cl)c1. The van der Waals surface area contributed by atoms with Crippen LogP contribution in [0.3, 0.4) is 0 Å². The summed E-state index contributed by atoms with van der Waals surface area (Å²) in [6.45, 7) is 2.52. The Morgan fingerprint density at radius 2 is 2.25 bits per heavy atom. The number of carbonyl (C=O) groups is 1. The molecule has 1 aromatic rings. The van der Waals surface area contributed by atoms with Gasteiger partial charge in [0.05, 0.1) is 5.02 Å². The first-order chi connectivity index (χ1) is 7.41. The molecule has 0 saturated carbocycles. The monoisotopic (exact) mass is 307 g/mol. The molecule has 0 saturated heterocycles. The van der Waals surface area contributed by atoms with Crippen LogP contribution in [0.5, 0.6) is 0 Å². The molecule has 1 aromatic carbocycles.